The predicted molar refractivity (Wildman–Crippen MR) is 55.5 cm³/mol. The number of imide groups is 1. The van der Waals surface area contributed by atoms with Gasteiger partial charge in [-0.15, -0.1) is 0 Å². The summed E-state index contributed by atoms with van der Waals surface area (Å²) in [6, 6.07) is -0.464. The lowest BCUT2D eigenvalue weighted by Gasteiger charge is -2.42. The average molecular weight is 225 g/mol. The maximum atomic E-state index is 11.5. The van der Waals surface area contributed by atoms with Crippen LogP contribution in [0.3, 0.4) is 0 Å². The normalized spacial score (nSPS) is 21.1. The zero-order valence-electron chi connectivity index (χ0n) is 9.23. The minimum Gasteiger partial charge on any atom is -0.338 e. The van der Waals surface area contributed by atoms with Crippen molar-refractivity contribution in [2.24, 2.45) is 0 Å². The summed E-state index contributed by atoms with van der Waals surface area (Å²) in [6.45, 7) is 3.00. The van der Waals surface area contributed by atoms with E-state index in [0.29, 0.717) is 19.5 Å². The lowest BCUT2D eigenvalue weighted by molar-refractivity contribution is -0.142. The molecule has 16 heavy (non-hydrogen) atoms. The van der Waals surface area contributed by atoms with Crippen molar-refractivity contribution in [1.29, 1.82) is 0 Å². The molecular weight excluding hydrogens is 210 g/mol. The van der Waals surface area contributed by atoms with Crippen LogP contribution < -0.4 is 5.32 Å². The maximum absolute atomic E-state index is 11.5. The summed E-state index contributed by atoms with van der Waals surface area (Å²) in [5.74, 6) is -0.0941. The number of likely N-dealkylation sites (tertiary alicyclic amines) is 1. The van der Waals surface area contributed by atoms with Crippen LogP contribution in [0.2, 0.25) is 0 Å². The van der Waals surface area contributed by atoms with Crippen LogP contribution in [0.25, 0.3) is 0 Å². The third kappa shape index (κ3) is 1.75. The van der Waals surface area contributed by atoms with E-state index in [-0.39, 0.29) is 30.4 Å². The molecule has 0 atom stereocenters. The van der Waals surface area contributed by atoms with Gasteiger partial charge in [0.05, 0.1) is 12.6 Å². The zero-order valence-corrected chi connectivity index (χ0v) is 9.23. The second kappa shape index (κ2) is 4.11. The number of urea groups is 1. The largest absolute Gasteiger partial charge is 0.338 e. The molecule has 0 saturated carbocycles. The molecule has 0 aromatic heterocycles. The van der Waals surface area contributed by atoms with Gasteiger partial charge in [-0.25, -0.2) is 4.79 Å². The Bertz CT molecular complexity index is 320. The molecular formula is C10H15N3O3. The molecule has 1 N–H and O–H groups in total. The van der Waals surface area contributed by atoms with Gasteiger partial charge >= 0.3 is 6.03 Å². The Morgan fingerprint density at radius 1 is 1.44 bits per heavy atom. The quantitative estimate of drug-likeness (QED) is 0.661. The van der Waals surface area contributed by atoms with Crippen molar-refractivity contribution in [3.8, 4) is 0 Å². The van der Waals surface area contributed by atoms with Crippen molar-refractivity contribution in [3.05, 3.63) is 0 Å². The average Bonchev–Trinajstić information content (AvgIpc) is 2.47. The van der Waals surface area contributed by atoms with E-state index in [0.717, 1.165) is 6.42 Å². The van der Waals surface area contributed by atoms with Crippen molar-refractivity contribution in [1.82, 2.24) is 15.1 Å². The Morgan fingerprint density at radius 2 is 2.12 bits per heavy atom. The van der Waals surface area contributed by atoms with Gasteiger partial charge in [0.15, 0.2) is 0 Å². The lowest BCUT2D eigenvalue weighted by atomic mass is 10.1. The number of nitrogens with zero attached hydrogens (tertiary/aromatic N) is 2. The van der Waals surface area contributed by atoms with Gasteiger partial charge in [-0.05, 0) is 6.42 Å². The molecule has 4 amide bonds. The van der Waals surface area contributed by atoms with Crippen LogP contribution >= 0.6 is 0 Å². The standard InChI is InChI=1S/C10H15N3O3/c1-2-3-8(14)12-5-7(6-12)13-9(15)4-11-10(13)16/h7H,2-6H2,1H3,(H,11,16). The zero-order chi connectivity index (χ0) is 11.7. The molecule has 6 nitrogen and oxygen atoms in total. The maximum Gasteiger partial charge on any atom is 0.324 e. The SMILES string of the molecule is CCCC(=O)N1CC(N2C(=O)CNC2=O)C1. The van der Waals surface area contributed by atoms with E-state index in [2.05, 4.69) is 5.32 Å². The van der Waals surface area contributed by atoms with Gasteiger partial charge in [0.25, 0.3) is 0 Å². The van der Waals surface area contributed by atoms with Crippen LogP contribution in [-0.2, 0) is 9.59 Å². The van der Waals surface area contributed by atoms with Gasteiger partial charge in [-0.3, -0.25) is 14.5 Å². The van der Waals surface area contributed by atoms with Gasteiger partial charge < -0.3 is 10.2 Å². The molecule has 2 rings (SSSR count). The molecule has 2 heterocycles. The molecule has 0 aliphatic carbocycles. The topological polar surface area (TPSA) is 69.7 Å². The minimum atomic E-state index is -0.336. The Balaban J connectivity index is 1.86. The monoisotopic (exact) mass is 225 g/mol. The van der Waals surface area contributed by atoms with Gasteiger partial charge in [-0.2, -0.15) is 0 Å². The highest BCUT2D eigenvalue weighted by atomic mass is 16.2. The smallest absolute Gasteiger partial charge is 0.324 e. The van der Waals surface area contributed by atoms with E-state index in [1.807, 2.05) is 6.92 Å². The predicted octanol–water partition coefficient (Wildman–Crippen LogP) is -0.451. The third-order valence-corrected chi connectivity index (χ3v) is 2.92. The first-order valence-electron chi connectivity index (χ1n) is 5.51. The first-order valence-corrected chi connectivity index (χ1v) is 5.51. The fraction of sp³-hybridized carbons (Fsp3) is 0.700. The van der Waals surface area contributed by atoms with Crippen LogP contribution in [0, 0.1) is 0 Å². The van der Waals surface area contributed by atoms with Gasteiger partial charge in [0, 0.05) is 19.5 Å². The second-order valence-corrected chi connectivity index (χ2v) is 4.12. The van der Waals surface area contributed by atoms with Crippen LogP contribution in [-0.4, -0.2) is 53.3 Å². The summed E-state index contributed by atoms with van der Waals surface area (Å²) in [4.78, 5) is 37.1. The van der Waals surface area contributed by atoms with E-state index >= 15 is 0 Å². The molecule has 2 aliphatic heterocycles. The number of carbonyl (C=O) groups excluding carboxylic acids is 3. The summed E-state index contributed by atoms with van der Waals surface area (Å²) in [5.41, 5.74) is 0. The molecule has 0 radical (unpaired) electrons. The first-order chi connectivity index (χ1) is 7.63. The minimum absolute atomic E-state index is 0.0816. The summed E-state index contributed by atoms with van der Waals surface area (Å²) in [6.07, 6.45) is 1.36. The van der Waals surface area contributed by atoms with Gasteiger partial charge in [0.2, 0.25) is 11.8 Å². The molecule has 6 heteroatoms. The number of amides is 4. The van der Waals surface area contributed by atoms with Crippen molar-refractivity contribution < 1.29 is 14.4 Å². The van der Waals surface area contributed by atoms with E-state index in [1.54, 1.807) is 4.90 Å². The van der Waals surface area contributed by atoms with Crippen molar-refractivity contribution in [3.63, 3.8) is 0 Å². The molecule has 0 unspecified atom stereocenters. The fourth-order valence-electron chi connectivity index (χ4n) is 2.00. The highest BCUT2D eigenvalue weighted by Crippen LogP contribution is 2.18. The van der Waals surface area contributed by atoms with Gasteiger partial charge in [-0.1, -0.05) is 6.92 Å². The van der Waals surface area contributed by atoms with Crippen LogP contribution in [0.1, 0.15) is 19.8 Å². The summed E-state index contributed by atoms with van der Waals surface area (Å²) < 4.78 is 0. The molecule has 0 aromatic carbocycles. The van der Waals surface area contributed by atoms with E-state index in [1.165, 1.54) is 4.90 Å². The summed E-state index contributed by atoms with van der Waals surface area (Å²) >= 11 is 0. The summed E-state index contributed by atoms with van der Waals surface area (Å²) in [7, 11) is 0. The van der Waals surface area contributed by atoms with Crippen molar-refractivity contribution in [2.45, 2.75) is 25.8 Å². The Hall–Kier alpha value is -1.59. The number of hydrogen-bond acceptors (Lipinski definition) is 3. The fourth-order valence-corrected chi connectivity index (χ4v) is 2.00. The van der Waals surface area contributed by atoms with Crippen molar-refractivity contribution >= 4 is 17.8 Å². The number of hydrogen-bond donors (Lipinski definition) is 1. The lowest BCUT2D eigenvalue weighted by Crippen LogP contribution is -2.62. The second-order valence-electron chi connectivity index (χ2n) is 4.12. The molecule has 0 bridgehead atoms. The van der Waals surface area contributed by atoms with Crippen LogP contribution in [0.5, 0.6) is 0 Å². The third-order valence-electron chi connectivity index (χ3n) is 2.92. The molecule has 2 saturated heterocycles. The highest BCUT2D eigenvalue weighted by molar-refractivity contribution is 6.02. The van der Waals surface area contributed by atoms with E-state index < -0.39 is 0 Å². The number of nitrogens with one attached hydrogen (secondary N) is 1. The molecule has 88 valence electrons. The molecule has 2 aliphatic rings. The molecule has 0 aromatic rings. The van der Waals surface area contributed by atoms with E-state index in [4.69, 9.17) is 0 Å². The first kappa shape index (κ1) is 10.9. The number of rotatable bonds is 3. The number of carbonyl (C=O) groups is 3. The Labute approximate surface area is 93.6 Å². The van der Waals surface area contributed by atoms with Crippen molar-refractivity contribution in [2.75, 3.05) is 19.6 Å². The van der Waals surface area contributed by atoms with Gasteiger partial charge in [0.1, 0.15) is 0 Å². The Kier molecular flexibility index (Phi) is 2.80. The van der Waals surface area contributed by atoms with Crippen LogP contribution in [0.4, 0.5) is 4.79 Å². The Morgan fingerprint density at radius 3 is 2.62 bits per heavy atom. The molecule has 2 fully saturated rings. The van der Waals surface area contributed by atoms with E-state index in [9.17, 15) is 14.4 Å². The molecule has 0 spiro atoms. The van der Waals surface area contributed by atoms with Crippen LogP contribution in [0.15, 0.2) is 0 Å². The summed E-state index contributed by atoms with van der Waals surface area (Å²) in [5, 5.41) is 2.47. The highest BCUT2D eigenvalue weighted by Gasteiger charge is 2.42.